The van der Waals surface area contributed by atoms with E-state index < -0.39 is 0 Å². The zero-order chi connectivity index (χ0) is 11.9. The summed E-state index contributed by atoms with van der Waals surface area (Å²) in [7, 11) is 0. The van der Waals surface area contributed by atoms with Gasteiger partial charge in [0.15, 0.2) is 0 Å². The van der Waals surface area contributed by atoms with Gasteiger partial charge in [-0.25, -0.2) is 0 Å². The normalized spacial score (nSPS) is 18.3. The van der Waals surface area contributed by atoms with E-state index in [4.69, 9.17) is 4.99 Å². The number of nitrogens with zero attached hydrogens (tertiary/aromatic N) is 1. The summed E-state index contributed by atoms with van der Waals surface area (Å²) in [5, 5.41) is 0. The molecule has 1 heteroatoms. The smallest absolute Gasteiger partial charge is 0.0498 e. The van der Waals surface area contributed by atoms with E-state index in [1.807, 2.05) is 0 Å². The first-order valence-corrected chi connectivity index (χ1v) is 6.92. The van der Waals surface area contributed by atoms with E-state index in [1.165, 1.54) is 43.4 Å². The second-order valence-electron chi connectivity index (χ2n) is 5.14. The van der Waals surface area contributed by atoms with Crippen molar-refractivity contribution in [1.82, 2.24) is 0 Å². The number of benzene rings is 1. The summed E-state index contributed by atoms with van der Waals surface area (Å²) < 4.78 is 0. The Morgan fingerprint density at radius 1 is 1.12 bits per heavy atom. The molecule has 1 aliphatic rings. The van der Waals surface area contributed by atoms with Crippen molar-refractivity contribution in [3.8, 4) is 0 Å². The Kier molecular flexibility index (Phi) is 4.78. The highest BCUT2D eigenvalue weighted by Crippen LogP contribution is 2.20. The molecule has 0 unspecified atom stereocenters. The minimum Gasteiger partial charge on any atom is -0.291 e. The SMILES string of the molecule is CC(CCc1ccccc1)=NC1CCCCC1. The van der Waals surface area contributed by atoms with Crippen LogP contribution in [-0.2, 0) is 6.42 Å². The molecule has 0 heterocycles. The lowest BCUT2D eigenvalue weighted by Gasteiger charge is -2.18. The predicted molar refractivity (Wildman–Crippen MR) is 74.7 cm³/mol. The molecular formula is C16H23N. The number of rotatable bonds is 4. The highest BCUT2D eigenvalue weighted by atomic mass is 14.8. The van der Waals surface area contributed by atoms with Crippen LogP contribution < -0.4 is 0 Å². The van der Waals surface area contributed by atoms with E-state index in [1.54, 1.807) is 0 Å². The molecule has 1 aromatic rings. The molecule has 1 aliphatic carbocycles. The lowest BCUT2D eigenvalue weighted by Crippen LogP contribution is -2.12. The van der Waals surface area contributed by atoms with Gasteiger partial charge in [-0.3, -0.25) is 4.99 Å². The molecule has 2 rings (SSSR count). The predicted octanol–water partition coefficient (Wildman–Crippen LogP) is 4.41. The van der Waals surface area contributed by atoms with Gasteiger partial charge in [-0.05, 0) is 38.2 Å². The number of aryl methyl sites for hydroxylation is 1. The molecule has 92 valence electrons. The van der Waals surface area contributed by atoms with Gasteiger partial charge < -0.3 is 0 Å². The van der Waals surface area contributed by atoms with Crippen molar-refractivity contribution in [3.05, 3.63) is 35.9 Å². The van der Waals surface area contributed by atoms with Crippen LogP contribution in [0.4, 0.5) is 0 Å². The minimum atomic E-state index is 0.625. The van der Waals surface area contributed by atoms with Crippen molar-refractivity contribution in [2.24, 2.45) is 4.99 Å². The van der Waals surface area contributed by atoms with Crippen LogP contribution in [0.2, 0.25) is 0 Å². The van der Waals surface area contributed by atoms with Gasteiger partial charge >= 0.3 is 0 Å². The second-order valence-corrected chi connectivity index (χ2v) is 5.14. The van der Waals surface area contributed by atoms with E-state index in [9.17, 15) is 0 Å². The molecule has 0 bridgehead atoms. The molecule has 0 atom stereocenters. The van der Waals surface area contributed by atoms with Crippen LogP contribution >= 0.6 is 0 Å². The number of aliphatic imine (C=N–C) groups is 1. The quantitative estimate of drug-likeness (QED) is 0.678. The average Bonchev–Trinajstić information content (AvgIpc) is 2.39. The zero-order valence-corrected chi connectivity index (χ0v) is 10.9. The molecule has 1 aromatic carbocycles. The van der Waals surface area contributed by atoms with Crippen LogP contribution in [-0.4, -0.2) is 11.8 Å². The number of hydrogen-bond donors (Lipinski definition) is 0. The Hall–Kier alpha value is -1.11. The summed E-state index contributed by atoms with van der Waals surface area (Å²) in [6, 6.07) is 11.3. The molecule has 0 N–H and O–H groups in total. The first kappa shape index (κ1) is 12.3. The van der Waals surface area contributed by atoms with E-state index in [-0.39, 0.29) is 0 Å². The molecule has 1 nitrogen and oxygen atoms in total. The molecule has 0 radical (unpaired) electrons. The van der Waals surface area contributed by atoms with Gasteiger partial charge in [0, 0.05) is 11.8 Å². The topological polar surface area (TPSA) is 12.4 Å². The molecule has 1 saturated carbocycles. The van der Waals surface area contributed by atoms with Gasteiger partial charge in [0.2, 0.25) is 0 Å². The maximum absolute atomic E-state index is 4.87. The second kappa shape index (κ2) is 6.58. The monoisotopic (exact) mass is 229 g/mol. The Morgan fingerprint density at radius 3 is 2.53 bits per heavy atom. The van der Waals surface area contributed by atoms with Crippen LogP contribution in [0.15, 0.2) is 35.3 Å². The first-order valence-electron chi connectivity index (χ1n) is 6.92. The third-order valence-corrected chi connectivity index (χ3v) is 3.60. The highest BCUT2D eigenvalue weighted by molar-refractivity contribution is 5.82. The van der Waals surface area contributed by atoms with Crippen LogP contribution in [0.1, 0.15) is 51.0 Å². The Balaban J connectivity index is 1.80. The van der Waals surface area contributed by atoms with Crippen molar-refractivity contribution in [3.63, 3.8) is 0 Å². The van der Waals surface area contributed by atoms with E-state index in [0.29, 0.717) is 6.04 Å². The minimum absolute atomic E-state index is 0.625. The lowest BCUT2D eigenvalue weighted by molar-refractivity contribution is 0.443. The van der Waals surface area contributed by atoms with E-state index >= 15 is 0 Å². The summed E-state index contributed by atoms with van der Waals surface area (Å²) in [5.41, 5.74) is 2.76. The fourth-order valence-electron chi connectivity index (χ4n) is 2.56. The third kappa shape index (κ3) is 4.33. The van der Waals surface area contributed by atoms with Crippen molar-refractivity contribution >= 4 is 5.71 Å². The van der Waals surface area contributed by atoms with Crippen LogP contribution in [0.25, 0.3) is 0 Å². The van der Waals surface area contributed by atoms with Crippen molar-refractivity contribution in [1.29, 1.82) is 0 Å². The molecule has 0 aromatic heterocycles. The molecule has 0 aliphatic heterocycles. The van der Waals surface area contributed by atoms with Gasteiger partial charge in [0.05, 0.1) is 0 Å². The first-order chi connectivity index (χ1) is 8.34. The highest BCUT2D eigenvalue weighted by Gasteiger charge is 2.11. The van der Waals surface area contributed by atoms with Gasteiger partial charge in [-0.2, -0.15) is 0 Å². The average molecular weight is 229 g/mol. The van der Waals surface area contributed by atoms with Gasteiger partial charge in [-0.15, -0.1) is 0 Å². The zero-order valence-electron chi connectivity index (χ0n) is 10.9. The van der Waals surface area contributed by atoms with Gasteiger partial charge in [0.1, 0.15) is 0 Å². The fourth-order valence-corrected chi connectivity index (χ4v) is 2.56. The van der Waals surface area contributed by atoms with Crippen LogP contribution in [0, 0.1) is 0 Å². The Morgan fingerprint density at radius 2 is 1.82 bits per heavy atom. The molecular weight excluding hydrogens is 206 g/mol. The molecule has 1 fully saturated rings. The molecule has 17 heavy (non-hydrogen) atoms. The van der Waals surface area contributed by atoms with Crippen molar-refractivity contribution in [2.75, 3.05) is 0 Å². The molecule has 0 amide bonds. The van der Waals surface area contributed by atoms with Crippen LogP contribution in [0.3, 0.4) is 0 Å². The van der Waals surface area contributed by atoms with Crippen LogP contribution in [0.5, 0.6) is 0 Å². The Labute approximate surface area is 105 Å². The van der Waals surface area contributed by atoms with E-state index in [2.05, 4.69) is 37.3 Å². The van der Waals surface area contributed by atoms with Crippen molar-refractivity contribution < 1.29 is 0 Å². The van der Waals surface area contributed by atoms with Crippen molar-refractivity contribution in [2.45, 2.75) is 57.9 Å². The Bertz CT molecular complexity index is 347. The van der Waals surface area contributed by atoms with E-state index in [0.717, 1.165) is 12.8 Å². The maximum Gasteiger partial charge on any atom is 0.0498 e. The van der Waals surface area contributed by atoms with Gasteiger partial charge in [-0.1, -0.05) is 49.6 Å². The summed E-state index contributed by atoms with van der Waals surface area (Å²) in [4.78, 5) is 4.87. The lowest BCUT2D eigenvalue weighted by atomic mass is 9.96. The number of hydrogen-bond acceptors (Lipinski definition) is 1. The summed E-state index contributed by atoms with van der Waals surface area (Å²) in [5.74, 6) is 0. The summed E-state index contributed by atoms with van der Waals surface area (Å²) in [6.45, 7) is 2.19. The fraction of sp³-hybridized carbons (Fsp3) is 0.562. The summed E-state index contributed by atoms with van der Waals surface area (Å²) >= 11 is 0. The molecule has 0 saturated heterocycles. The largest absolute Gasteiger partial charge is 0.291 e. The maximum atomic E-state index is 4.87. The van der Waals surface area contributed by atoms with Gasteiger partial charge in [0.25, 0.3) is 0 Å². The standard InChI is InChI=1S/C16H23N/c1-14(17-16-10-6-3-7-11-16)12-13-15-8-4-2-5-9-15/h2,4-5,8-9,16H,3,6-7,10-13H2,1H3. The summed E-state index contributed by atoms with van der Waals surface area (Å²) in [6.07, 6.45) is 9.02. The molecule has 0 spiro atoms. The third-order valence-electron chi connectivity index (χ3n) is 3.60.